The number of hydrogen-bond donors (Lipinski definition) is 0. The molecule has 1 aliphatic rings. The van der Waals surface area contributed by atoms with Gasteiger partial charge in [-0.15, -0.1) is 0 Å². The molecule has 0 spiro atoms. The largest absolute Gasteiger partial charge is 0.455 e. The van der Waals surface area contributed by atoms with Crippen molar-refractivity contribution < 1.29 is 4.42 Å². The van der Waals surface area contributed by atoms with Crippen molar-refractivity contribution >= 4 is 49.2 Å². The minimum atomic E-state index is 0.0646. The minimum Gasteiger partial charge on any atom is -0.455 e. The second-order valence-corrected chi connectivity index (χ2v) is 11.2. The summed E-state index contributed by atoms with van der Waals surface area (Å²) < 4.78 is 6.74. The summed E-state index contributed by atoms with van der Waals surface area (Å²) >= 11 is 0. The van der Waals surface area contributed by atoms with Crippen molar-refractivity contribution in [1.82, 2.24) is 0 Å². The lowest BCUT2D eigenvalue weighted by molar-refractivity contribution is 0.671. The van der Waals surface area contributed by atoms with Crippen molar-refractivity contribution in [3.63, 3.8) is 0 Å². The maximum atomic E-state index is 7.63. The van der Waals surface area contributed by atoms with Crippen LogP contribution in [-0.2, 0) is 0 Å². The molecule has 0 saturated heterocycles. The molecule has 0 amide bonds. The molecule has 9 rings (SSSR count). The molecule has 0 bridgehead atoms. The van der Waals surface area contributed by atoms with Crippen molar-refractivity contribution in [2.45, 2.75) is 5.92 Å². The zero-order valence-corrected chi connectivity index (χ0v) is 22.6. The van der Waals surface area contributed by atoms with Crippen LogP contribution in [-0.4, -0.2) is 0 Å². The third-order valence-electron chi connectivity index (χ3n) is 8.90. The van der Waals surface area contributed by atoms with E-state index in [1.807, 2.05) is 6.07 Å². The molecule has 1 atom stereocenters. The molecule has 0 saturated carbocycles. The molecular formula is C40H23NO. The van der Waals surface area contributed by atoms with Gasteiger partial charge in [0.2, 0.25) is 0 Å². The Bertz CT molecular complexity index is 2420. The van der Waals surface area contributed by atoms with Crippen LogP contribution >= 0.6 is 0 Å². The highest BCUT2D eigenvalue weighted by atomic mass is 16.3. The average molecular weight is 534 g/mol. The van der Waals surface area contributed by atoms with Crippen LogP contribution in [0.1, 0.15) is 22.6 Å². The number of hydrogen-bond acceptors (Lipinski definition) is 1. The van der Waals surface area contributed by atoms with Crippen LogP contribution in [0.3, 0.4) is 0 Å². The van der Waals surface area contributed by atoms with E-state index in [1.54, 1.807) is 0 Å². The van der Waals surface area contributed by atoms with Crippen LogP contribution in [0, 0.1) is 6.57 Å². The first-order valence-corrected chi connectivity index (χ1v) is 14.2. The molecule has 8 aromatic rings. The Morgan fingerprint density at radius 2 is 1.24 bits per heavy atom. The van der Waals surface area contributed by atoms with Crippen molar-refractivity contribution in [2.24, 2.45) is 0 Å². The van der Waals surface area contributed by atoms with Crippen LogP contribution < -0.4 is 0 Å². The summed E-state index contributed by atoms with van der Waals surface area (Å²) in [4.78, 5) is 3.75. The molecular weight excluding hydrogens is 510 g/mol. The fourth-order valence-corrected chi connectivity index (χ4v) is 7.02. The Kier molecular flexibility index (Phi) is 4.77. The Morgan fingerprint density at radius 1 is 0.548 bits per heavy atom. The molecule has 2 heteroatoms. The fourth-order valence-electron chi connectivity index (χ4n) is 7.02. The van der Waals surface area contributed by atoms with E-state index in [0.717, 1.165) is 33.1 Å². The number of rotatable bonds is 2. The smallest absolute Gasteiger partial charge is 0.187 e. The van der Waals surface area contributed by atoms with Crippen molar-refractivity contribution in [3.8, 4) is 22.3 Å². The van der Waals surface area contributed by atoms with E-state index in [1.165, 1.54) is 49.4 Å². The highest BCUT2D eigenvalue weighted by Crippen LogP contribution is 2.51. The number of furan rings is 1. The normalized spacial score (nSPS) is 13.9. The molecule has 0 N–H and O–H groups in total. The summed E-state index contributed by atoms with van der Waals surface area (Å²) in [6.07, 6.45) is 0. The highest BCUT2D eigenvalue weighted by Gasteiger charge is 2.31. The number of nitrogens with zero attached hydrogens (tertiary/aromatic N) is 1. The number of benzene rings is 7. The Morgan fingerprint density at radius 3 is 2.05 bits per heavy atom. The van der Waals surface area contributed by atoms with E-state index in [2.05, 4.69) is 132 Å². The molecule has 194 valence electrons. The molecule has 1 aromatic heterocycles. The Labute approximate surface area is 242 Å². The maximum absolute atomic E-state index is 7.63. The summed E-state index contributed by atoms with van der Waals surface area (Å²) in [6, 6.07) is 47.4. The van der Waals surface area contributed by atoms with Gasteiger partial charge in [-0.1, -0.05) is 109 Å². The third-order valence-corrected chi connectivity index (χ3v) is 8.90. The van der Waals surface area contributed by atoms with Gasteiger partial charge in [0.25, 0.3) is 0 Å². The second kappa shape index (κ2) is 8.67. The summed E-state index contributed by atoms with van der Waals surface area (Å²) in [5.74, 6) is 0.0646. The van der Waals surface area contributed by atoms with E-state index in [4.69, 9.17) is 11.0 Å². The zero-order chi connectivity index (χ0) is 27.8. The lowest BCUT2D eigenvalue weighted by Crippen LogP contribution is -1.99. The summed E-state index contributed by atoms with van der Waals surface area (Å²) in [6.45, 7) is 7.63. The topological polar surface area (TPSA) is 17.5 Å². The van der Waals surface area contributed by atoms with Gasteiger partial charge in [-0.05, 0) is 79.2 Å². The lowest BCUT2D eigenvalue weighted by atomic mass is 9.87. The minimum absolute atomic E-state index is 0.0646. The maximum Gasteiger partial charge on any atom is 0.187 e. The van der Waals surface area contributed by atoms with E-state index in [-0.39, 0.29) is 5.92 Å². The third kappa shape index (κ3) is 3.25. The van der Waals surface area contributed by atoms with Crippen molar-refractivity contribution in [1.29, 1.82) is 0 Å². The van der Waals surface area contributed by atoms with Gasteiger partial charge in [0.15, 0.2) is 5.69 Å². The lowest BCUT2D eigenvalue weighted by Gasteiger charge is -2.16. The van der Waals surface area contributed by atoms with Gasteiger partial charge in [0.05, 0.1) is 6.57 Å². The molecule has 1 aliphatic carbocycles. The van der Waals surface area contributed by atoms with Crippen molar-refractivity contribution in [2.75, 3.05) is 0 Å². The summed E-state index contributed by atoms with van der Waals surface area (Å²) in [5.41, 5.74) is 10.8. The second-order valence-electron chi connectivity index (χ2n) is 11.2. The van der Waals surface area contributed by atoms with E-state index in [0.29, 0.717) is 5.69 Å². The molecule has 1 unspecified atom stereocenters. The number of fused-ring (bicyclic) bond motifs is 9. The molecule has 0 fully saturated rings. The van der Waals surface area contributed by atoms with Crippen LogP contribution in [0.5, 0.6) is 0 Å². The van der Waals surface area contributed by atoms with Gasteiger partial charge >= 0.3 is 0 Å². The summed E-state index contributed by atoms with van der Waals surface area (Å²) in [7, 11) is 0. The summed E-state index contributed by atoms with van der Waals surface area (Å²) in [5, 5.41) is 7.09. The predicted molar refractivity (Wildman–Crippen MR) is 173 cm³/mol. The van der Waals surface area contributed by atoms with Gasteiger partial charge < -0.3 is 4.42 Å². The standard InChI is InChI=1S/C40H23NO/c1-41-29-16-18-32-31-17-15-28(21-34(31)38(35(32)23-29)24-9-3-2-4-10-24)33-20-27-13-7-8-14-30(27)39-36-19-25-11-5-6-12-26(25)22-37(36)42-40(33)39/h2-23,38H. The van der Waals surface area contributed by atoms with E-state index >= 15 is 0 Å². The highest BCUT2D eigenvalue weighted by molar-refractivity contribution is 6.24. The van der Waals surface area contributed by atoms with E-state index < -0.39 is 0 Å². The SMILES string of the molecule is [C-]#[N+]c1ccc2c(c1)C(c1ccccc1)c1cc(-c3cc4ccccc4c4c3oc3cc5ccccc5cc34)ccc1-2. The van der Waals surface area contributed by atoms with Gasteiger partial charge in [0, 0.05) is 22.3 Å². The van der Waals surface area contributed by atoms with Gasteiger partial charge in [-0.2, -0.15) is 0 Å². The van der Waals surface area contributed by atoms with Crippen molar-refractivity contribution in [3.05, 3.63) is 162 Å². The first kappa shape index (κ1) is 23.1. The molecule has 1 heterocycles. The average Bonchev–Trinajstić information content (AvgIpc) is 3.58. The fraction of sp³-hybridized carbons (Fsp3) is 0.0250. The molecule has 2 nitrogen and oxygen atoms in total. The monoisotopic (exact) mass is 533 g/mol. The zero-order valence-electron chi connectivity index (χ0n) is 22.6. The quantitative estimate of drug-likeness (QED) is 0.202. The first-order valence-electron chi connectivity index (χ1n) is 14.2. The Balaban J connectivity index is 1.34. The van der Waals surface area contributed by atoms with E-state index in [9.17, 15) is 0 Å². The van der Waals surface area contributed by atoms with Crippen LogP contribution in [0.25, 0.3) is 70.6 Å². The molecule has 0 aliphatic heterocycles. The first-order chi connectivity index (χ1) is 20.8. The molecule has 42 heavy (non-hydrogen) atoms. The van der Waals surface area contributed by atoms with Crippen LogP contribution in [0.15, 0.2) is 138 Å². The van der Waals surface area contributed by atoms with Crippen LogP contribution in [0.2, 0.25) is 0 Å². The van der Waals surface area contributed by atoms with Gasteiger partial charge in [-0.3, -0.25) is 0 Å². The van der Waals surface area contributed by atoms with Crippen LogP contribution in [0.4, 0.5) is 5.69 Å². The predicted octanol–water partition coefficient (Wildman–Crippen LogP) is 11.3. The van der Waals surface area contributed by atoms with Gasteiger partial charge in [0.1, 0.15) is 11.2 Å². The van der Waals surface area contributed by atoms with Gasteiger partial charge in [-0.25, -0.2) is 4.85 Å². The Hall–Kier alpha value is -5.65. The molecule has 0 radical (unpaired) electrons. The molecule has 7 aromatic carbocycles.